The molecule has 1 amide bonds. The van der Waals surface area contributed by atoms with E-state index >= 15 is 0 Å². The Labute approximate surface area is 150 Å². The van der Waals surface area contributed by atoms with Crippen LogP contribution in [0.3, 0.4) is 0 Å². The Morgan fingerprint density at radius 2 is 1.80 bits per heavy atom. The fourth-order valence-electron chi connectivity index (χ4n) is 2.57. The summed E-state index contributed by atoms with van der Waals surface area (Å²) < 4.78 is 42.7. The van der Waals surface area contributed by atoms with Crippen molar-refractivity contribution in [1.82, 2.24) is 9.70 Å². The molecule has 0 atom stereocenters. The summed E-state index contributed by atoms with van der Waals surface area (Å²) in [5.74, 6) is -0.985. The summed E-state index contributed by atoms with van der Waals surface area (Å²) in [6, 6.07) is 4.00. The molecule has 1 fully saturated rings. The molecule has 2 rings (SSSR count). The van der Waals surface area contributed by atoms with Crippen LogP contribution in [0.5, 0.6) is 0 Å². The molecule has 1 aliphatic rings. The van der Waals surface area contributed by atoms with Crippen LogP contribution in [-0.2, 0) is 20.2 Å². The number of carbonyl (C=O) groups is 1. The molecular weight excluding hydrogens is 359 g/mol. The number of benzene rings is 1. The van der Waals surface area contributed by atoms with Crippen molar-refractivity contribution >= 4 is 24.2 Å². The lowest BCUT2D eigenvalue weighted by Crippen LogP contribution is -2.54. The van der Waals surface area contributed by atoms with Crippen LogP contribution >= 0.6 is 0 Å². The van der Waals surface area contributed by atoms with Crippen LogP contribution in [0.4, 0.5) is 4.39 Å². The Bertz CT molecular complexity index is 797. The van der Waals surface area contributed by atoms with Crippen molar-refractivity contribution in [2.75, 3.05) is 7.05 Å². The van der Waals surface area contributed by atoms with Crippen molar-refractivity contribution in [2.24, 2.45) is 0 Å². The first kappa shape index (κ1) is 20.1. The molecule has 0 saturated heterocycles. The Morgan fingerprint density at radius 3 is 2.20 bits per heavy atom. The number of hydrogen-bond acceptors (Lipinski definition) is 3. The predicted octanol–water partition coefficient (Wildman–Crippen LogP) is 2.89. The number of rotatable bonds is 5. The van der Waals surface area contributed by atoms with Gasteiger partial charge in [0.2, 0.25) is 15.9 Å². The Balaban J connectivity index is 2.37. The summed E-state index contributed by atoms with van der Waals surface area (Å²) >= 11 is 0. The van der Waals surface area contributed by atoms with Gasteiger partial charge in [-0.3, -0.25) is 4.79 Å². The second kappa shape index (κ2) is 6.17. The molecule has 5 nitrogen and oxygen atoms in total. The molecule has 8 heteroatoms. The van der Waals surface area contributed by atoms with E-state index in [-0.39, 0.29) is 15.8 Å². The lowest BCUT2D eigenvalue weighted by molar-refractivity contribution is -0.123. The van der Waals surface area contributed by atoms with Gasteiger partial charge in [0.15, 0.2) is 0 Å². The van der Waals surface area contributed by atoms with Gasteiger partial charge in [0, 0.05) is 7.05 Å². The maximum atomic E-state index is 14.6. The molecule has 0 heterocycles. The molecule has 0 aliphatic heterocycles. The molecule has 1 aromatic rings. The molecule has 0 radical (unpaired) electrons. The van der Waals surface area contributed by atoms with E-state index in [1.54, 1.807) is 13.1 Å². The summed E-state index contributed by atoms with van der Waals surface area (Å²) in [6.45, 7) is 9.73. The molecule has 1 aromatic carbocycles. The van der Waals surface area contributed by atoms with Gasteiger partial charge in [0.25, 0.3) is 0 Å². The second-order valence-electron chi connectivity index (χ2n) is 8.29. The fourth-order valence-corrected chi connectivity index (χ4v) is 7.49. The van der Waals surface area contributed by atoms with Crippen molar-refractivity contribution < 1.29 is 17.6 Å². The highest BCUT2D eigenvalue weighted by Crippen LogP contribution is 2.48. The number of nitrogens with one attached hydrogen (secondary N) is 2. The van der Waals surface area contributed by atoms with Gasteiger partial charge in [0.05, 0.1) is 5.41 Å². The molecular formula is C17H27FN2O3SSi. The van der Waals surface area contributed by atoms with E-state index in [4.69, 9.17) is 0 Å². The molecule has 25 heavy (non-hydrogen) atoms. The molecule has 0 bridgehead atoms. The summed E-state index contributed by atoms with van der Waals surface area (Å²) in [4.78, 5) is 11.7. The van der Waals surface area contributed by atoms with Crippen molar-refractivity contribution in [1.29, 1.82) is 0 Å². The largest absolute Gasteiger partial charge is 0.358 e. The fraction of sp³-hybridized carbons (Fsp3) is 0.588. The van der Waals surface area contributed by atoms with E-state index in [9.17, 15) is 17.6 Å². The van der Waals surface area contributed by atoms with Crippen LogP contribution in [0.15, 0.2) is 23.1 Å². The van der Waals surface area contributed by atoms with E-state index in [0.717, 1.165) is 0 Å². The summed E-state index contributed by atoms with van der Waals surface area (Å²) in [5, 5.41) is 2.38. The van der Waals surface area contributed by atoms with Gasteiger partial charge < -0.3 is 5.32 Å². The average Bonchev–Trinajstić information content (AvgIpc) is 3.25. The monoisotopic (exact) mass is 386 g/mol. The van der Waals surface area contributed by atoms with Crippen LogP contribution in [0, 0.1) is 5.82 Å². The minimum absolute atomic E-state index is 0.165. The molecule has 1 saturated carbocycles. The maximum Gasteiger partial charge on any atom is 0.237 e. The second-order valence-corrected chi connectivity index (χ2v) is 15.3. The highest BCUT2D eigenvalue weighted by Gasteiger charge is 2.51. The van der Waals surface area contributed by atoms with E-state index in [1.165, 1.54) is 12.1 Å². The van der Waals surface area contributed by atoms with Gasteiger partial charge in [0.1, 0.15) is 18.9 Å². The van der Waals surface area contributed by atoms with Gasteiger partial charge in [-0.15, -0.1) is 0 Å². The molecule has 0 spiro atoms. The molecule has 0 aromatic heterocycles. The van der Waals surface area contributed by atoms with Crippen LogP contribution in [0.2, 0.25) is 18.1 Å². The summed E-state index contributed by atoms with van der Waals surface area (Å²) in [5.41, 5.74) is -0.194. The Kier molecular flexibility index (Phi) is 4.95. The third-order valence-corrected chi connectivity index (χ3v) is 13.2. The topological polar surface area (TPSA) is 75.3 Å². The smallest absolute Gasteiger partial charge is 0.237 e. The van der Waals surface area contributed by atoms with Gasteiger partial charge in [-0.05, 0) is 35.6 Å². The van der Waals surface area contributed by atoms with Crippen molar-refractivity contribution in [3.05, 3.63) is 29.6 Å². The number of amides is 1. The van der Waals surface area contributed by atoms with Crippen molar-refractivity contribution in [3.63, 3.8) is 0 Å². The molecule has 140 valence electrons. The molecule has 2 N–H and O–H groups in total. The number of sulfonamides is 1. The van der Waals surface area contributed by atoms with Crippen LogP contribution in [-0.4, -0.2) is 29.6 Å². The van der Waals surface area contributed by atoms with Crippen LogP contribution in [0.25, 0.3) is 0 Å². The van der Waals surface area contributed by atoms with Gasteiger partial charge in [-0.2, -0.15) is 0 Å². The van der Waals surface area contributed by atoms with Crippen molar-refractivity contribution in [3.8, 4) is 0 Å². The summed E-state index contributed by atoms with van der Waals surface area (Å²) in [7, 11) is -4.80. The standard InChI is InChI=1S/C17H27FN2O3SSi/c1-16(2,3)25(5,6)20-24(22,23)14-8-7-12(11-13(14)18)17(9-10-17)15(21)19-4/h7-8,11,20H,9-10H2,1-6H3,(H,19,21). The number of halogens is 1. The third kappa shape index (κ3) is 3.66. The summed E-state index contributed by atoms with van der Waals surface area (Å²) in [6.07, 6.45) is 1.28. The van der Waals surface area contributed by atoms with Gasteiger partial charge in [-0.1, -0.05) is 39.9 Å². The quantitative estimate of drug-likeness (QED) is 0.764. The lowest BCUT2D eigenvalue weighted by atomic mass is 9.95. The van der Waals surface area contributed by atoms with E-state index in [1.807, 2.05) is 33.9 Å². The number of likely N-dealkylation sites (N-methyl/N-ethyl adjacent to an activating group) is 1. The minimum atomic E-state index is -3.96. The zero-order valence-electron chi connectivity index (χ0n) is 15.7. The number of hydrogen-bond donors (Lipinski definition) is 2. The first-order valence-electron chi connectivity index (χ1n) is 8.33. The van der Waals surface area contributed by atoms with E-state index < -0.39 is 29.5 Å². The highest BCUT2D eigenvalue weighted by atomic mass is 32.2. The zero-order chi connectivity index (χ0) is 19.3. The third-order valence-electron chi connectivity index (χ3n) is 5.45. The SMILES string of the molecule is CNC(=O)C1(c2ccc(S(=O)(=O)N[Si](C)(C)C(C)(C)C)c(F)c2)CC1. The lowest BCUT2D eigenvalue weighted by Gasteiger charge is -2.36. The van der Waals surface area contributed by atoms with Gasteiger partial charge >= 0.3 is 0 Å². The van der Waals surface area contributed by atoms with E-state index in [0.29, 0.717) is 18.4 Å². The first-order chi connectivity index (χ1) is 11.3. The van der Waals surface area contributed by atoms with Crippen molar-refractivity contribution in [2.45, 2.75) is 62.1 Å². The Morgan fingerprint density at radius 1 is 1.24 bits per heavy atom. The van der Waals surface area contributed by atoms with Crippen LogP contribution < -0.4 is 9.70 Å². The average molecular weight is 387 g/mol. The first-order valence-corrected chi connectivity index (χ1v) is 12.8. The van der Waals surface area contributed by atoms with E-state index in [2.05, 4.69) is 9.70 Å². The normalized spacial score (nSPS) is 17.2. The highest BCUT2D eigenvalue weighted by molar-refractivity contribution is 7.91. The van der Waals surface area contributed by atoms with Gasteiger partial charge in [-0.25, -0.2) is 17.2 Å². The van der Waals surface area contributed by atoms with Crippen LogP contribution in [0.1, 0.15) is 39.2 Å². The zero-order valence-corrected chi connectivity index (χ0v) is 17.5. The molecule has 0 unspecified atom stereocenters. The minimum Gasteiger partial charge on any atom is -0.358 e. The Hall–Kier alpha value is -1.25. The maximum absolute atomic E-state index is 14.6. The number of carbonyl (C=O) groups excluding carboxylic acids is 1. The predicted molar refractivity (Wildman–Crippen MR) is 98.9 cm³/mol. The molecule has 1 aliphatic carbocycles.